The molecule has 25 heavy (non-hydrogen) atoms. The molecular weight excluding hydrogens is 368 g/mol. The molecule has 1 saturated heterocycles. The Morgan fingerprint density at radius 2 is 1.68 bits per heavy atom. The predicted molar refractivity (Wildman–Crippen MR) is 110 cm³/mol. The van der Waals surface area contributed by atoms with Gasteiger partial charge in [0.25, 0.3) is 5.91 Å². The number of fused-ring (bicyclic) bond motifs is 1. The Hall–Kier alpha value is -2.02. The normalized spacial score (nSPS) is 20.0. The summed E-state index contributed by atoms with van der Waals surface area (Å²) in [4.78, 5) is 17.8. The summed E-state index contributed by atoms with van der Waals surface area (Å²) in [5.41, 5.74) is 2.25. The molecule has 4 rings (SSSR count). The van der Waals surface area contributed by atoms with E-state index in [1.807, 2.05) is 42.5 Å². The number of anilines is 2. The van der Waals surface area contributed by atoms with Crippen molar-refractivity contribution in [1.82, 2.24) is 4.90 Å². The Balaban J connectivity index is 1.74. The molecule has 0 spiro atoms. The molecule has 3 nitrogen and oxygen atoms in total. The number of allylic oxidation sites excluding steroid dienone is 2. The molecule has 124 valence electrons. The van der Waals surface area contributed by atoms with Crippen molar-refractivity contribution in [3.63, 3.8) is 0 Å². The molecule has 2 heterocycles. The monoisotopic (exact) mass is 382 g/mol. The highest BCUT2D eigenvalue weighted by molar-refractivity contribution is 8.26. The largest absolute Gasteiger partial charge is 0.303 e. The quantitative estimate of drug-likeness (QED) is 0.528. The van der Waals surface area contributed by atoms with Crippen molar-refractivity contribution in [2.24, 2.45) is 0 Å². The maximum absolute atomic E-state index is 12.2. The SMILES string of the molecule is CN1C(=O)/C(=C\C=C2/Sc3ccccc3N2c2ccccc2)SC1=S. The molecule has 0 unspecified atom stereocenters. The number of hydrogen-bond acceptors (Lipinski definition) is 5. The van der Waals surface area contributed by atoms with Crippen molar-refractivity contribution in [3.8, 4) is 0 Å². The molecular formula is C19H14N2OS3. The Labute approximate surface area is 160 Å². The number of thioether (sulfide) groups is 2. The number of carbonyl (C=O) groups excluding carboxylic acids is 1. The van der Waals surface area contributed by atoms with Crippen LogP contribution in [0.15, 0.2) is 81.6 Å². The molecule has 0 atom stereocenters. The zero-order valence-electron chi connectivity index (χ0n) is 13.4. The third-order valence-corrected chi connectivity index (χ3v) is 6.52. The van der Waals surface area contributed by atoms with Crippen LogP contribution in [0.2, 0.25) is 0 Å². The molecule has 0 aromatic heterocycles. The van der Waals surface area contributed by atoms with E-state index in [0.29, 0.717) is 9.23 Å². The summed E-state index contributed by atoms with van der Waals surface area (Å²) in [6, 6.07) is 18.5. The van der Waals surface area contributed by atoms with Gasteiger partial charge < -0.3 is 4.90 Å². The van der Waals surface area contributed by atoms with Gasteiger partial charge in [-0.25, -0.2) is 0 Å². The highest BCUT2D eigenvalue weighted by atomic mass is 32.2. The first-order valence-electron chi connectivity index (χ1n) is 7.69. The first kappa shape index (κ1) is 16.4. The lowest BCUT2D eigenvalue weighted by Crippen LogP contribution is -2.22. The van der Waals surface area contributed by atoms with E-state index < -0.39 is 0 Å². The highest BCUT2D eigenvalue weighted by Gasteiger charge is 2.29. The molecule has 0 radical (unpaired) electrons. The molecule has 0 saturated carbocycles. The second-order valence-electron chi connectivity index (χ2n) is 5.51. The summed E-state index contributed by atoms with van der Waals surface area (Å²) in [5, 5.41) is 1.06. The van der Waals surface area contributed by atoms with Gasteiger partial charge in [0.05, 0.1) is 15.6 Å². The van der Waals surface area contributed by atoms with Crippen LogP contribution in [0, 0.1) is 0 Å². The Morgan fingerprint density at radius 3 is 2.40 bits per heavy atom. The van der Waals surface area contributed by atoms with Crippen molar-refractivity contribution in [1.29, 1.82) is 0 Å². The van der Waals surface area contributed by atoms with Gasteiger partial charge in [0.15, 0.2) is 0 Å². The number of thiocarbonyl (C=S) groups is 1. The van der Waals surface area contributed by atoms with E-state index in [1.54, 1.807) is 18.8 Å². The van der Waals surface area contributed by atoms with Gasteiger partial charge in [0.2, 0.25) is 0 Å². The number of hydrogen-bond donors (Lipinski definition) is 0. The van der Waals surface area contributed by atoms with Crippen LogP contribution in [-0.2, 0) is 4.79 Å². The molecule has 0 bridgehead atoms. The van der Waals surface area contributed by atoms with Crippen molar-refractivity contribution in [2.45, 2.75) is 4.90 Å². The van der Waals surface area contributed by atoms with Gasteiger partial charge in [-0.15, -0.1) is 0 Å². The van der Waals surface area contributed by atoms with E-state index in [4.69, 9.17) is 12.2 Å². The second kappa shape index (κ2) is 6.71. The number of nitrogens with zero attached hydrogens (tertiary/aromatic N) is 2. The fraction of sp³-hybridized carbons (Fsp3) is 0.0526. The lowest BCUT2D eigenvalue weighted by Gasteiger charge is -2.20. The van der Waals surface area contributed by atoms with E-state index in [9.17, 15) is 4.79 Å². The van der Waals surface area contributed by atoms with Crippen molar-refractivity contribution >= 4 is 57.3 Å². The molecule has 2 aromatic rings. The van der Waals surface area contributed by atoms with Crippen LogP contribution in [0.3, 0.4) is 0 Å². The van der Waals surface area contributed by atoms with Crippen LogP contribution in [0.25, 0.3) is 0 Å². The van der Waals surface area contributed by atoms with Gasteiger partial charge in [-0.1, -0.05) is 66.1 Å². The van der Waals surface area contributed by atoms with Gasteiger partial charge in [0.1, 0.15) is 4.32 Å². The highest BCUT2D eigenvalue weighted by Crippen LogP contribution is 2.49. The molecule has 1 amide bonds. The minimum absolute atomic E-state index is 0.0429. The van der Waals surface area contributed by atoms with E-state index in [2.05, 4.69) is 29.2 Å². The average Bonchev–Trinajstić information content (AvgIpc) is 3.13. The Kier molecular flexibility index (Phi) is 4.41. The standard InChI is InChI=1S/C19H14N2OS3/c1-20-18(22)16(25-19(20)23)11-12-17-21(13-7-3-2-4-8-13)14-9-5-6-10-15(14)24-17/h2-12H,1H3/b16-11+,17-12-. The number of para-hydroxylation sites is 2. The van der Waals surface area contributed by atoms with Gasteiger partial charge in [-0.2, -0.15) is 0 Å². The Morgan fingerprint density at radius 1 is 0.960 bits per heavy atom. The van der Waals surface area contributed by atoms with Crippen LogP contribution in [-0.4, -0.2) is 22.2 Å². The van der Waals surface area contributed by atoms with Crippen molar-refractivity contribution in [3.05, 3.63) is 76.7 Å². The minimum atomic E-state index is -0.0429. The molecule has 2 aliphatic heterocycles. The molecule has 6 heteroatoms. The van der Waals surface area contributed by atoms with E-state index in [-0.39, 0.29) is 5.91 Å². The summed E-state index contributed by atoms with van der Waals surface area (Å²) >= 11 is 8.24. The summed E-state index contributed by atoms with van der Waals surface area (Å²) in [6.45, 7) is 0. The van der Waals surface area contributed by atoms with Crippen LogP contribution in [0.4, 0.5) is 11.4 Å². The predicted octanol–water partition coefficient (Wildman–Crippen LogP) is 5.15. The first-order chi connectivity index (χ1) is 12.1. The van der Waals surface area contributed by atoms with E-state index in [1.165, 1.54) is 21.6 Å². The average molecular weight is 383 g/mol. The zero-order valence-corrected chi connectivity index (χ0v) is 15.8. The number of rotatable bonds is 2. The summed E-state index contributed by atoms with van der Waals surface area (Å²) < 4.78 is 0.594. The van der Waals surface area contributed by atoms with Gasteiger partial charge in [-0.3, -0.25) is 9.69 Å². The third kappa shape index (κ3) is 3.01. The second-order valence-corrected chi connectivity index (χ2v) is 8.25. The molecule has 0 aliphatic carbocycles. The van der Waals surface area contributed by atoms with Crippen molar-refractivity contribution < 1.29 is 4.79 Å². The molecule has 2 aromatic carbocycles. The number of carbonyl (C=O) groups is 1. The number of benzene rings is 2. The first-order valence-corrected chi connectivity index (χ1v) is 9.73. The minimum Gasteiger partial charge on any atom is -0.303 e. The molecule has 2 aliphatic rings. The smallest absolute Gasteiger partial charge is 0.265 e. The van der Waals surface area contributed by atoms with E-state index >= 15 is 0 Å². The van der Waals surface area contributed by atoms with Crippen molar-refractivity contribution in [2.75, 3.05) is 11.9 Å². The summed E-state index contributed by atoms with van der Waals surface area (Å²) in [7, 11) is 1.71. The van der Waals surface area contributed by atoms with Gasteiger partial charge in [-0.05, 0) is 36.4 Å². The molecule has 1 fully saturated rings. The van der Waals surface area contributed by atoms with Crippen LogP contribution in [0.1, 0.15) is 0 Å². The van der Waals surface area contributed by atoms with Crippen LogP contribution >= 0.6 is 35.7 Å². The summed E-state index contributed by atoms with van der Waals surface area (Å²) in [6.07, 6.45) is 3.87. The summed E-state index contributed by atoms with van der Waals surface area (Å²) in [5.74, 6) is -0.0429. The lowest BCUT2D eigenvalue weighted by molar-refractivity contribution is -0.121. The van der Waals surface area contributed by atoms with Gasteiger partial charge in [0, 0.05) is 17.6 Å². The van der Waals surface area contributed by atoms with Gasteiger partial charge >= 0.3 is 0 Å². The maximum Gasteiger partial charge on any atom is 0.265 e. The lowest BCUT2D eigenvalue weighted by atomic mass is 10.2. The number of likely N-dealkylation sites (N-methyl/N-ethyl adjacent to an activating group) is 1. The maximum atomic E-state index is 12.2. The topological polar surface area (TPSA) is 23.6 Å². The Bertz CT molecular complexity index is 921. The fourth-order valence-electron chi connectivity index (χ4n) is 2.66. The third-order valence-electron chi connectivity index (χ3n) is 3.92. The zero-order chi connectivity index (χ0) is 17.4. The van der Waals surface area contributed by atoms with E-state index in [0.717, 1.165) is 16.4 Å². The molecule has 0 N–H and O–H groups in total. The van der Waals surface area contributed by atoms with Crippen LogP contribution in [0.5, 0.6) is 0 Å². The van der Waals surface area contributed by atoms with Crippen LogP contribution < -0.4 is 4.90 Å². The number of amides is 1. The fourth-order valence-corrected chi connectivity index (χ4v) is 4.85.